The van der Waals surface area contributed by atoms with Gasteiger partial charge in [0.25, 0.3) is 0 Å². The highest BCUT2D eigenvalue weighted by molar-refractivity contribution is 7.21. The molecule has 34 heavy (non-hydrogen) atoms. The molecule has 5 rings (SSSR count). The smallest absolute Gasteiger partial charge is 0.229 e. The van der Waals surface area contributed by atoms with Crippen molar-refractivity contribution in [2.75, 3.05) is 17.2 Å². The number of fused-ring (bicyclic) bond motifs is 1. The molecule has 0 amide bonds. The van der Waals surface area contributed by atoms with Crippen molar-refractivity contribution in [2.45, 2.75) is 31.6 Å². The molecule has 1 aliphatic carbocycles. The van der Waals surface area contributed by atoms with Crippen LogP contribution in [0, 0.1) is 18.7 Å². The van der Waals surface area contributed by atoms with E-state index in [0.29, 0.717) is 28.5 Å². The average Bonchev–Trinajstić information content (AvgIpc) is 3.36. The van der Waals surface area contributed by atoms with Crippen LogP contribution in [0.15, 0.2) is 48.5 Å². The Labute approximate surface area is 199 Å². The highest BCUT2D eigenvalue weighted by atomic mass is 32.1. The van der Waals surface area contributed by atoms with E-state index >= 15 is 0 Å². The Bertz CT molecular complexity index is 1300. The van der Waals surface area contributed by atoms with Gasteiger partial charge in [-0.25, -0.2) is 14.4 Å². The highest BCUT2D eigenvalue weighted by Crippen LogP contribution is 2.38. The molecule has 0 bridgehead atoms. The van der Waals surface area contributed by atoms with E-state index < -0.39 is 30.0 Å². The van der Waals surface area contributed by atoms with Crippen molar-refractivity contribution < 1.29 is 19.7 Å². The van der Waals surface area contributed by atoms with Crippen molar-refractivity contribution in [3.63, 3.8) is 0 Å². The summed E-state index contributed by atoms with van der Waals surface area (Å²) in [5.74, 6) is -0.298. The van der Waals surface area contributed by atoms with Crippen molar-refractivity contribution in [1.82, 2.24) is 15.0 Å². The lowest BCUT2D eigenvalue weighted by atomic mass is 10.1. The number of aryl methyl sites for hydroxylation is 1. The maximum Gasteiger partial charge on any atom is 0.229 e. The largest absolute Gasteiger partial charge is 0.396 e. The Morgan fingerprint density at radius 2 is 1.79 bits per heavy atom. The fourth-order valence-electron chi connectivity index (χ4n) is 4.28. The van der Waals surface area contributed by atoms with Gasteiger partial charge in [-0.05, 0) is 37.6 Å². The molecule has 1 fully saturated rings. The molecular weight excluding hydrogens is 457 g/mol. The Hall–Kier alpha value is -3.18. The van der Waals surface area contributed by atoms with Crippen LogP contribution in [0.25, 0.3) is 20.8 Å². The SMILES string of the molecule is Cc1nc(Nc2ccccc2F)nc(N[C@@H]2C[C@H](CO)[C@@H](O)[C@H]2O)c1-c1nc2ccccc2s1. The first-order chi connectivity index (χ1) is 16.4. The normalized spacial score (nSPS) is 22.3. The summed E-state index contributed by atoms with van der Waals surface area (Å²) in [6, 6.07) is 13.5. The number of hydrogen-bond donors (Lipinski definition) is 5. The molecule has 176 valence electrons. The zero-order chi connectivity index (χ0) is 23.8. The van der Waals surface area contributed by atoms with Crippen molar-refractivity contribution >= 4 is 39.0 Å². The first-order valence-corrected chi connectivity index (χ1v) is 11.8. The number of benzene rings is 2. The lowest BCUT2D eigenvalue weighted by Gasteiger charge is -2.21. The number of para-hydroxylation sites is 2. The minimum absolute atomic E-state index is 0.182. The first kappa shape index (κ1) is 22.6. The number of halogens is 1. The summed E-state index contributed by atoms with van der Waals surface area (Å²) in [7, 11) is 0. The van der Waals surface area contributed by atoms with E-state index in [4.69, 9.17) is 4.98 Å². The molecule has 2 aromatic heterocycles. The molecule has 0 radical (unpaired) electrons. The van der Waals surface area contributed by atoms with E-state index in [-0.39, 0.29) is 18.2 Å². The number of aliphatic hydroxyl groups is 3. The number of nitrogens with zero attached hydrogens (tertiary/aromatic N) is 3. The summed E-state index contributed by atoms with van der Waals surface area (Å²) >= 11 is 1.49. The Kier molecular flexibility index (Phi) is 6.13. The van der Waals surface area contributed by atoms with Gasteiger partial charge in [0.1, 0.15) is 22.7 Å². The lowest BCUT2D eigenvalue weighted by molar-refractivity contribution is 0.00446. The van der Waals surface area contributed by atoms with Crippen LogP contribution in [0.2, 0.25) is 0 Å². The summed E-state index contributed by atoms with van der Waals surface area (Å²) in [6.07, 6.45) is -1.77. The van der Waals surface area contributed by atoms with Crippen LogP contribution in [-0.2, 0) is 0 Å². The number of rotatable bonds is 6. The molecule has 0 unspecified atom stereocenters. The molecule has 0 spiro atoms. The maximum absolute atomic E-state index is 14.2. The molecule has 2 heterocycles. The van der Waals surface area contributed by atoms with Crippen LogP contribution in [0.3, 0.4) is 0 Å². The lowest BCUT2D eigenvalue weighted by Crippen LogP contribution is -2.35. The van der Waals surface area contributed by atoms with Crippen molar-refractivity contribution in [3.8, 4) is 10.6 Å². The van der Waals surface area contributed by atoms with Crippen LogP contribution in [-0.4, -0.2) is 55.1 Å². The van der Waals surface area contributed by atoms with Crippen molar-refractivity contribution in [2.24, 2.45) is 5.92 Å². The van der Waals surface area contributed by atoms with Gasteiger partial charge in [-0.1, -0.05) is 24.3 Å². The maximum atomic E-state index is 14.2. The van der Waals surface area contributed by atoms with E-state index in [2.05, 4.69) is 20.6 Å². The average molecular weight is 482 g/mol. The van der Waals surface area contributed by atoms with Gasteiger partial charge in [0.15, 0.2) is 0 Å². The van der Waals surface area contributed by atoms with Gasteiger partial charge < -0.3 is 26.0 Å². The molecule has 1 saturated carbocycles. The predicted octanol–water partition coefficient (Wildman–Crippen LogP) is 3.46. The predicted molar refractivity (Wildman–Crippen MR) is 130 cm³/mol. The number of nitrogens with one attached hydrogen (secondary N) is 2. The van der Waals surface area contributed by atoms with Crippen LogP contribution in [0.4, 0.5) is 21.8 Å². The van der Waals surface area contributed by atoms with Crippen molar-refractivity contribution in [1.29, 1.82) is 0 Å². The molecule has 4 atom stereocenters. The molecule has 4 aromatic rings. The zero-order valence-electron chi connectivity index (χ0n) is 18.3. The number of thiazole rings is 1. The topological polar surface area (TPSA) is 123 Å². The van der Waals surface area contributed by atoms with Gasteiger partial charge in [-0.15, -0.1) is 11.3 Å². The Balaban J connectivity index is 1.58. The summed E-state index contributed by atoms with van der Waals surface area (Å²) in [5.41, 5.74) is 2.35. The van der Waals surface area contributed by atoms with Crippen LogP contribution < -0.4 is 10.6 Å². The van der Waals surface area contributed by atoms with Crippen LogP contribution in [0.5, 0.6) is 0 Å². The zero-order valence-corrected chi connectivity index (χ0v) is 19.1. The second-order valence-electron chi connectivity index (χ2n) is 8.36. The summed E-state index contributed by atoms with van der Waals surface area (Å²) in [4.78, 5) is 13.9. The Morgan fingerprint density at radius 1 is 1.03 bits per heavy atom. The van der Waals surface area contributed by atoms with Gasteiger partial charge in [0, 0.05) is 12.5 Å². The van der Waals surface area contributed by atoms with Gasteiger partial charge in [0.2, 0.25) is 5.95 Å². The third kappa shape index (κ3) is 4.21. The summed E-state index contributed by atoms with van der Waals surface area (Å²) in [5, 5.41) is 37.2. The summed E-state index contributed by atoms with van der Waals surface area (Å²) < 4.78 is 15.2. The quantitative estimate of drug-likeness (QED) is 0.284. The molecule has 5 N–H and O–H groups in total. The number of aromatic nitrogens is 3. The van der Waals surface area contributed by atoms with E-state index in [1.54, 1.807) is 18.2 Å². The fraction of sp³-hybridized carbons (Fsp3) is 0.292. The van der Waals surface area contributed by atoms with Crippen LogP contribution in [0.1, 0.15) is 12.1 Å². The second-order valence-corrected chi connectivity index (χ2v) is 9.39. The van der Waals surface area contributed by atoms with E-state index in [9.17, 15) is 19.7 Å². The van der Waals surface area contributed by atoms with Crippen LogP contribution >= 0.6 is 11.3 Å². The highest BCUT2D eigenvalue weighted by Gasteiger charge is 2.41. The summed E-state index contributed by atoms with van der Waals surface area (Å²) in [6.45, 7) is 1.58. The van der Waals surface area contributed by atoms with Gasteiger partial charge in [-0.2, -0.15) is 4.98 Å². The van der Waals surface area contributed by atoms with E-state index in [1.807, 2.05) is 31.2 Å². The monoisotopic (exact) mass is 481 g/mol. The molecule has 0 aliphatic heterocycles. The third-order valence-corrected chi connectivity index (χ3v) is 7.13. The second kappa shape index (κ2) is 9.22. The third-order valence-electron chi connectivity index (χ3n) is 6.08. The molecule has 2 aromatic carbocycles. The number of aliphatic hydroxyl groups excluding tert-OH is 3. The van der Waals surface area contributed by atoms with Gasteiger partial charge in [0.05, 0.1) is 39.3 Å². The number of anilines is 3. The standard InChI is InChI=1S/C24H24FN5O3S/c1-12-19(23-28-16-8-4-5-9-18(16)34-23)22(27-17-10-13(11-31)20(32)21(17)33)30-24(26-12)29-15-7-3-2-6-14(15)25/h2-9,13,17,20-21,31-33H,10-11H2,1H3,(H2,26,27,29,30)/t13-,17-,20-,21+/m1/s1. The van der Waals surface area contributed by atoms with Gasteiger partial charge in [-0.3, -0.25) is 0 Å². The van der Waals surface area contributed by atoms with Gasteiger partial charge >= 0.3 is 0 Å². The number of hydrogen-bond acceptors (Lipinski definition) is 9. The van der Waals surface area contributed by atoms with Crippen molar-refractivity contribution in [3.05, 3.63) is 60.0 Å². The minimum atomic E-state index is -1.08. The van der Waals surface area contributed by atoms with E-state index in [0.717, 1.165) is 10.2 Å². The molecule has 10 heteroatoms. The first-order valence-electron chi connectivity index (χ1n) is 10.9. The molecule has 1 aliphatic rings. The Morgan fingerprint density at radius 3 is 2.53 bits per heavy atom. The fourth-order valence-corrected chi connectivity index (χ4v) is 5.34. The molecule has 0 saturated heterocycles. The minimum Gasteiger partial charge on any atom is -0.396 e. The molecule has 8 nitrogen and oxygen atoms in total. The molecular formula is C24H24FN5O3S. The van der Waals surface area contributed by atoms with E-state index in [1.165, 1.54) is 17.4 Å².